The maximum atomic E-state index is 13.0. The van der Waals surface area contributed by atoms with Gasteiger partial charge >= 0.3 is 179 Å². The summed E-state index contributed by atoms with van der Waals surface area (Å²) in [7, 11) is 0.971. The number of rotatable bonds is 7. The van der Waals surface area contributed by atoms with E-state index in [0.29, 0.717) is 6.29 Å². The van der Waals surface area contributed by atoms with Gasteiger partial charge in [0, 0.05) is 0 Å². The molecule has 5 nitrogen and oxygen atoms in total. The van der Waals surface area contributed by atoms with Gasteiger partial charge in [-0.25, -0.2) is 0 Å². The SMILES string of the molecule is CN(CC(=O)N(C)C[PH](c1ccccc1)(c1ccccc1)c1ccccc1)C(=N)N. The van der Waals surface area contributed by atoms with Crippen molar-refractivity contribution in [3.63, 3.8) is 0 Å². The molecule has 3 rings (SSSR count). The standard InChI is InChI=1S/C24H29N4OP/c1-27(24(25)26)18-23(29)28(2)19-30(20-12-6-3-7-13-20,21-14-8-4-9-15-21)22-16-10-5-11-17-22/h3-17,30H,18-19H2,1-2H3,(H3,25,26). The summed E-state index contributed by atoms with van der Waals surface area (Å²) in [5.41, 5.74) is 5.53. The van der Waals surface area contributed by atoms with Crippen molar-refractivity contribution in [3.05, 3.63) is 91.0 Å². The van der Waals surface area contributed by atoms with E-state index < -0.39 is 7.26 Å². The van der Waals surface area contributed by atoms with E-state index in [1.54, 1.807) is 11.9 Å². The molecule has 0 spiro atoms. The van der Waals surface area contributed by atoms with Gasteiger partial charge in [-0.2, -0.15) is 0 Å². The first-order valence-corrected chi connectivity index (χ1v) is 12.1. The van der Waals surface area contributed by atoms with Crippen molar-refractivity contribution in [3.8, 4) is 0 Å². The Bertz CT molecular complexity index is 883. The van der Waals surface area contributed by atoms with Crippen LogP contribution in [-0.2, 0) is 4.79 Å². The zero-order chi connectivity index (χ0) is 21.6. The Labute approximate surface area is 179 Å². The number of nitrogens with zero attached hydrogens (tertiary/aromatic N) is 2. The molecule has 0 aliphatic rings. The third-order valence-corrected chi connectivity index (χ3v) is 10.4. The molecule has 3 N–H and O–H groups in total. The molecule has 0 heterocycles. The molecular formula is C24H29N4OP. The van der Waals surface area contributed by atoms with E-state index in [4.69, 9.17) is 11.1 Å². The van der Waals surface area contributed by atoms with Crippen molar-refractivity contribution in [2.24, 2.45) is 5.73 Å². The topological polar surface area (TPSA) is 73.4 Å². The first-order valence-electron chi connectivity index (χ1n) is 9.91. The van der Waals surface area contributed by atoms with E-state index in [1.807, 2.05) is 25.2 Å². The van der Waals surface area contributed by atoms with Crippen LogP contribution in [0.2, 0.25) is 0 Å². The number of amides is 1. The fourth-order valence-corrected chi connectivity index (χ4v) is 8.51. The number of nitrogens with two attached hydrogens (primary N) is 1. The Hall–Kier alpha value is -3.17. The van der Waals surface area contributed by atoms with Crippen LogP contribution in [0.4, 0.5) is 0 Å². The molecule has 0 saturated heterocycles. The molecule has 0 radical (unpaired) electrons. The van der Waals surface area contributed by atoms with Gasteiger partial charge < -0.3 is 0 Å². The number of guanidine groups is 1. The average molecular weight is 420 g/mol. The summed E-state index contributed by atoms with van der Waals surface area (Å²) in [5, 5.41) is 11.3. The second-order valence-electron chi connectivity index (χ2n) is 7.49. The van der Waals surface area contributed by atoms with Crippen molar-refractivity contribution in [1.82, 2.24) is 9.80 Å². The van der Waals surface area contributed by atoms with Crippen molar-refractivity contribution in [2.45, 2.75) is 0 Å². The van der Waals surface area contributed by atoms with Gasteiger partial charge in [-0.3, -0.25) is 0 Å². The predicted molar refractivity (Wildman–Crippen MR) is 129 cm³/mol. The summed E-state index contributed by atoms with van der Waals surface area (Å²) < 4.78 is 0. The minimum absolute atomic E-state index is 0.0626. The monoisotopic (exact) mass is 420 g/mol. The van der Waals surface area contributed by atoms with E-state index in [1.165, 1.54) is 20.8 Å². The summed E-state index contributed by atoms with van der Waals surface area (Å²) in [6.45, 7) is 0.0781. The van der Waals surface area contributed by atoms with Gasteiger partial charge in [0.15, 0.2) is 0 Å². The third kappa shape index (κ3) is 4.52. The number of benzene rings is 3. The molecule has 0 fully saturated rings. The fourth-order valence-electron chi connectivity index (χ4n) is 3.79. The van der Waals surface area contributed by atoms with Crippen LogP contribution in [0.25, 0.3) is 0 Å². The summed E-state index contributed by atoms with van der Waals surface area (Å²) in [5.74, 6) is -0.179. The molecule has 156 valence electrons. The Kier molecular flexibility index (Phi) is 6.86. The summed E-state index contributed by atoms with van der Waals surface area (Å²) in [4.78, 5) is 16.2. The van der Waals surface area contributed by atoms with Crippen LogP contribution in [0.5, 0.6) is 0 Å². The van der Waals surface area contributed by atoms with Crippen molar-refractivity contribution in [2.75, 3.05) is 26.9 Å². The van der Waals surface area contributed by atoms with Crippen molar-refractivity contribution >= 4 is 35.0 Å². The van der Waals surface area contributed by atoms with E-state index >= 15 is 0 Å². The molecule has 0 aliphatic heterocycles. The van der Waals surface area contributed by atoms with Gasteiger partial charge in [0.05, 0.1) is 0 Å². The van der Waals surface area contributed by atoms with Crippen molar-refractivity contribution in [1.29, 1.82) is 5.41 Å². The van der Waals surface area contributed by atoms with E-state index in [9.17, 15) is 4.79 Å². The molecule has 0 unspecified atom stereocenters. The molecular weight excluding hydrogens is 391 g/mol. The summed E-state index contributed by atoms with van der Waals surface area (Å²) in [6.07, 6.45) is 0.593. The summed E-state index contributed by atoms with van der Waals surface area (Å²) >= 11 is 0. The molecule has 3 aromatic rings. The van der Waals surface area contributed by atoms with Gasteiger partial charge in [0.2, 0.25) is 0 Å². The Morgan fingerprint density at radius 3 is 1.47 bits per heavy atom. The molecule has 0 aromatic heterocycles. The molecule has 6 heteroatoms. The molecule has 0 atom stereocenters. The van der Waals surface area contributed by atoms with Crippen LogP contribution >= 0.6 is 7.26 Å². The molecule has 0 bridgehead atoms. The first kappa shape index (κ1) is 21.5. The quantitative estimate of drug-likeness (QED) is 0.349. The Balaban J connectivity index is 2.12. The fraction of sp³-hybridized carbons (Fsp3) is 0.167. The number of carbonyl (C=O) groups is 1. The number of likely N-dealkylation sites (N-methyl/N-ethyl adjacent to an activating group) is 2. The second kappa shape index (κ2) is 9.55. The van der Waals surface area contributed by atoms with Gasteiger partial charge in [-0.15, -0.1) is 0 Å². The third-order valence-electron chi connectivity index (χ3n) is 5.48. The molecule has 30 heavy (non-hydrogen) atoms. The zero-order valence-electron chi connectivity index (χ0n) is 17.5. The Morgan fingerprint density at radius 1 is 0.767 bits per heavy atom. The van der Waals surface area contributed by atoms with Gasteiger partial charge in [0.1, 0.15) is 0 Å². The van der Waals surface area contributed by atoms with Crippen LogP contribution in [-0.4, -0.2) is 48.6 Å². The van der Waals surface area contributed by atoms with Crippen LogP contribution < -0.4 is 21.6 Å². The predicted octanol–water partition coefficient (Wildman–Crippen LogP) is 1.95. The van der Waals surface area contributed by atoms with E-state index in [-0.39, 0.29) is 18.4 Å². The van der Waals surface area contributed by atoms with Crippen LogP contribution in [0.15, 0.2) is 91.0 Å². The van der Waals surface area contributed by atoms with Gasteiger partial charge in [-0.05, 0) is 0 Å². The number of carbonyl (C=O) groups excluding carboxylic acids is 1. The van der Waals surface area contributed by atoms with Gasteiger partial charge in [-0.1, -0.05) is 0 Å². The Morgan fingerprint density at radius 2 is 1.13 bits per heavy atom. The molecule has 0 aliphatic carbocycles. The van der Waals surface area contributed by atoms with E-state index in [0.717, 1.165) is 0 Å². The first-order chi connectivity index (χ1) is 14.4. The summed E-state index contributed by atoms with van der Waals surface area (Å²) in [6, 6.07) is 31.5. The van der Waals surface area contributed by atoms with Crippen LogP contribution in [0.1, 0.15) is 0 Å². The number of hydrogen-bond donors (Lipinski definition) is 2. The number of nitrogens with one attached hydrogen (secondary N) is 1. The average Bonchev–Trinajstić information content (AvgIpc) is 2.79. The van der Waals surface area contributed by atoms with Crippen LogP contribution in [0.3, 0.4) is 0 Å². The molecule has 3 aromatic carbocycles. The van der Waals surface area contributed by atoms with Gasteiger partial charge in [0.25, 0.3) is 0 Å². The van der Waals surface area contributed by atoms with Crippen molar-refractivity contribution < 1.29 is 4.79 Å². The van der Waals surface area contributed by atoms with E-state index in [2.05, 4.69) is 72.8 Å². The molecule has 0 saturated carbocycles. The van der Waals surface area contributed by atoms with Crippen LogP contribution in [0, 0.1) is 5.41 Å². The minimum atomic E-state index is -2.53. The second-order valence-corrected chi connectivity index (χ2v) is 11.4. The normalized spacial score (nSPS) is 11.5. The molecule has 1 amide bonds. The maximum absolute atomic E-state index is 13.0. The number of hydrogen-bond acceptors (Lipinski definition) is 2. The zero-order valence-corrected chi connectivity index (χ0v) is 18.5.